The summed E-state index contributed by atoms with van der Waals surface area (Å²) in [6, 6.07) is 9.43. The van der Waals surface area contributed by atoms with Gasteiger partial charge in [-0.15, -0.1) is 0 Å². The zero-order valence-electron chi connectivity index (χ0n) is 13.1. The van der Waals surface area contributed by atoms with Crippen molar-refractivity contribution in [3.8, 4) is 0 Å². The molecule has 5 nitrogen and oxygen atoms in total. The van der Waals surface area contributed by atoms with Gasteiger partial charge in [0.1, 0.15) is 0 Å². The van der Waals surface area contributed by atoms with Gasteiger partial charge in [0.2, 0.25) is 15.9 Å². The number of nitrogens with one attached hydrogen (secondary N) is 2. The number of carbonyl (C=O) groups excluding carboxylic acids is 1. The number of sulfonamides is 1. The number of amides is 1. The highest BCUT2D eigenvalue weighted by atomic mass is 35.5. The van der Waals surface area contributed by atoms with Crippen LogP contribution in [0.1, 0.15) is 11.1 Å². The first-order chi connectivity index (χ1) is 11.2. The van der Waals surface area contributed by atoms with Crippen molar-refractivity contribution in [1.29, 1.82) is 0 Å². The van der Waals surface area contributed by atoms with Crippen molar-refractivity contribution in [2.24, 2.45) is 0 Å². The van der Waals surface area contributed by atoms with Gasteiger partial charge < -0.3 is 5.32 Å². The molecular formula is C16H16Cl2N2O3S. The Kier molecular flexibility index (Phi) is 5.87. The van der Waals surface area contributed by atoms with Gasteiger partial charge in [0.25, 0.3) is 0 Å². The van der Waals surface area contributed by atoms with Crippen molar-refractivity contribution in [3.63, 3.8) is 0 Å². The molecule has 0 saturated carbocycles. The van der Waals surface area contributed by atoms with E-state index in [9.17, 15) is 13.2 Å². The Hall–Kier alpha value is -1.60. The third-order valence-electron chi connectivity index (χ3n) is 3.40. The standard InChI is InChI=1S/C16H16Cl2N2O3S/c1-10-8-12(6-7-13(10)17)24(22,23)19-9-16(21)20-15-5-3-4-14(18)11(15)2/h3-8,19H,9H2,1-2H3,(H,20,21). The topological polar surface area (TPSA) is 75.3 Å². The van der Waals surface area contributed by atoms with Crippen LogP contribution in [0.5, 0.6) is 0 Å². The fourth-order valence-electron chi connectivity index (χ4n) is 1.97. The Morgan fingerprint density at radius 1 is 1.08 bits per heavy atom. The molecule has 2 N–H and O–H groups in total. The predicted octanol–water partition coefficient (Wildman–Crippen LogP) is 3.53. The molecule has 0 aliphatic carbocycles. The van der Waals surface area contributed by atoms with Crippen molar-refractivity contribution in [3.05, 3.63) is 57.6 Å². The molecule has 0 aromatic heterocycles. The average molecular weight is 387 g/mol. The SMILES string of the molecule is Cc1cc(S(=O)(=O)NCC(=O)Nc2cccc(Cl)c2C)ccc1Cl. The van der Waals surface area contributed by atoms with Crippen LogP contribution in [-0.2, 0) is 14.8 Å². The normalized spacial score (nSPS) is 11.3. The lowest BCUT2D eigenvalue weighted by Crippen LogP contribution is -2.33. The van der Waals surface area contributed by atoms with E-state index < -0.39 is 22.5 Å². The van der Waals surface area contributed by atoms with E-state index in [0.717, 1.165) is 0 Å². The summed E-state index contributed by atoms with van der Waals surface area (Å²) in [4.78, 5) is 12.0. The molecule has 2 aromatic rings. The Bertz CT molecular complexity index is 883. The monoisotopic (exact) mass is 386 g/mol. The molecule has 1 amide bonds. The Morgan fingerprint density at radius 2 is 1.79 bits per heavy atom. The van der Waals surface area contributed by atoms with Gasteiger partial charge in [-0.1, -0.05) is 29.3 Å². The maximum atomic E-state index is 12.2. The number of halogens is 2. The molecule has 0 fully saturated rings. The highest BCUT2D eigenvalue weighted by Crippen LogP contribution is 2.23. The Labute approximate surface area is 151 Å². The molecule has 0 saturated heterocycles. The summed E-state index contributed by atoms with van der Waals surface area (Å²) in [5.74, 6) is -0.491. The summed E-state index contributed by atoms with van der Waals surface area (Å²) in [6.45, 7) is 3.07. The number of hydrogen-bond donors (Lipinski definition) is 2. The second kappa shape index (κ2) is 7.53. The third kappa shape index (κ3) is 4.48. The number of hydrogen-bond acceptors (Lipinski definition) is 3. The fourth-order valence-corrected chi connectivity index (χ4v) is 3.32. The van der Waals surface area contributed by atoms with Crippen LogP contribution in [-0.4, -0.2) is 20.9 Å². The summed E-state index contributed by atoms with van der Waals surface area (Å²) >= 11 is 11.9. The zero-order valence-corrected chi connectivity index (χ0v) is 15.4. The van der Waals surface area contributed by atoms with Crippen LogP contribution in [0.15, 0.2) is 41.3 Å². The number of anilines is 1. The molecule has 0 radical (unpaired) electrons. The zero-order chi connectivity index (χ0) is 17.9. The van der Waals surface area contributed by atoms with Crippen molar-refractivity contribution in [2.75, 3.05) is 11.9 Å². The van der Waals surface area contributed by atoms with E-state index in [0.29, 0.717) is 26.9 Å². The van der Waals surface area contributed by atoms with E-state index in [1.807, 2.05) is 0 Å². The fraction of sp³-hybridized carbons (Fsp3) is 0.188. The smallest absolute Gasteiger partial charge is 0.241 e. The molecule has 2 rings (SSSR count). The largest absolute Gasteiger partial charge is 0.325 e. The molecule has 0 aliphatic heterocycles. The number of benzene rings is 2. The summed E-state index contributed by atoms with van der Waals surface area (Å²) in [7, 11) is -3.80. The molecular weight excluding hydrogens is 371 g/mol. The van der Waals surface area contributed by atoms with E-state index in [2.05, 4.69) is 10.0 Å². The molecule has 24 heavy (non-hydrogen) atoms. The van der Waals surface area contributed by atoms with Crippen LogP contribution < -0.4 is 10.0 Å². The number of aryl methyl sites for hydroxylation is 1. The highest BCUT2D eigenvalue weighted by Gasteiger charge is 2.17. The molecule has 0 unspecified atom stereocenters. The molecule has 2 aromatic carbocycles. The van der Waals surface area contributed by atoms with E-state index in [1.54, 1.807) is 32.0 Å². The van der Waals surface area contributed by atoms with Gasteiger partial charge in [0, 0.05) is 15.7 Å². The lowest BCUT2D eigenvalue weighted by Gasteiger charge is -2.11. The van der Waals surface area contributed by atoms with E-state index in [-0.39, 0.29) is 4.90 Å². The molecule has 0 bridgehead atoms. The van der Waals surface area contributed by atoms with Crippen LogP contribution in [0.3, 0.4) is 0 Å². The quantitative estimate of drug-likeness (QED) is 0.824. The molecule has 0 atom stereocenters. The highest BCUT2D eigenvalue weighted by molar-refractivity contribution is 7.89. The minimum Gasteiger partial charge on any atom is -0.325 e. The minimum atomic E-state index is -3.80. The van der Waals surface area contributed by atoms with Gasteiger partial charge >= 0.3 is 0 Å². The van der Waals surface area contributed by atoms with Gasteiger partial charge in [-0.05, 0) is 55.3 Å². The van der Waals surface area contributed by atoms with Crippen LogP contribution >= 0.6 is 23.2 Å². The molecule has 8 heteroatoms. The van der Waals surface area contributed by atoms with E-state index >= 15 is 0 Å². The lowest BCUT2D eigenvalue weighted by molar-refractivity contribution is -0.115. The molecule has 0 heterocycles. The van der Waals surface area contributed by atoms with Gasteiger partial charge in [-0.3, -0.25) is 4.79 Å². The minimum absolute atomic E-state index is 0.0520. The lowest BCUT2D eigenvalue weighted by atomic mass is 10.2. The molecule has 128 valence electrons. The molecule has 0 spiro atoms. The van der Waals surface area contributed by atoms with Gasteiger partial charge in [-0.25, -0.2) is 13.1 Å². The number of carbonyl (C=O) groups is 1. The first kappa shape index (κ1) is 18.7. The van der Waals surface area contributed by atoms with Crippen LogP contribution in [0.4, 0.5) is 5.69 Å². The summed E-state index contributed by atoms with van der Waals surface area (Å²) < 4.78 is 26.7. The summed E-state index contributed by atoms with van der Waals surface area (Å²) in [5, 5.41) is 3.62. The van der Waals surface area contributed by atoms with Crippen LogP contribution in [0.2, 0.25) is 10.0 Å². The van der Waals surface area contributed by atoms with E-state index in [1.165, 1.54) is 18.2 Å². The van der Waals surface area contributed by atoms with Crippen molar-refractivity contribution >= 4 is 44.8 Å². The van der Waals surface area contributed by atoms with Crippen LogP contribution in [0.25, 0.3) is 0 Å². The van der Waals surface area contributed by atoms with Crippen molar-refractivity contribution in [1.82, 2.24) is 4.72 Å². The van der Waals surface area contributed by atoms with Gasteiger partial charge in [0.05, 0.1) is 11.4 Å². The first-order valence-electron chi connectivity index (χ1n) is 7.01. The Morgan fingerprint density at radius 3 is 2.46 bits per heavy atom. The van der Waals surface area contributed by atoms with Crippen LogP contribution in [0, 0.1) is 13.8 Å². The number of rotatable bonds is 5. The molecule has 0 aliphatic rings. The second-order valence-electron chi connectivity index (χ2n) is 5.20. The summed E-state index contributed by atoms with van der Waals surface area (Å²) in [6.07, 6.45) is 0. The maximum absolute atomic E-state index is 12.2. The maximum Gasteiger partial charge on any atom is 0.241 e. The Balaban J connectivity index is 2.05. The summed E-state index contributed by atoms with van der Waals surface area (Å²) in [5.41, 5.74) is 1.89. The van der Waals surface area contributed by atoms with Gasteiger partial charge in [-0.2, -0.15) is 0 Å². The van der Waals surface area contributed by atoms with Crippen molar-refractivity contribution < 1.29 is 13.2 Å². The average Bonchev–Trinajstić information content (AvgIpc) is 2.52. The predicted molar refractivity (Wildman–Crippen MR) is 96.2 cm³/mol. The second-order valence-corrected chi connectivity index (χ2v) is 7.78. The third-order valence-corrected chi connectivity index (χ3v) is 5.64. The first-order valence-corrected chi connectivity index (χ1v) is 9.25. The van der Waals surface area contributed by atoms with Crippen molar-refractivity contribution in [2.45, 2.75) is 18.7 Å². The van der Waals surface area contributed by atoms with Gasteiger partial charge in [0.15, 0.2) is 0 Å². The van der Waals surface area contributed by atoms with E-state index in [4.69, 9.17) is 23.2 Å².